The lowest BCUT2D eigenvalue weighted by Gasteiger charge is -2.24. The second kappa shape index (κ2) is 6.88. The normalized spacial score (nSPS) is 10.6. The zero-order valence-electron chi connectivity index (χ0n) is 11.3. The van der Waals surface area contributed by atoms with Gasteiger partial charge in [0, 0.05) is 20.8 Å². The zero-order chi connectivity index (χ0) is 15.2. The Kier molecular flexibility index (Phi) is 6.19. The fraction of sp³-hybridized carbons (Fsp3) is 0.600. The van der Waals surface area contributed by atoms with Crippen LogP contribution in [0.1, 0.15) is 34.6 Å². The van der Waals surface area contributed by atoms with Gasteiger partial charge in [0.25, 0.3) is 17.9 Å². The molecule has 0 aromatic carbocycles. The number of hydrogen-bond donors (Lipinski definition) is 0. The standard InChI is InChI=1S/C10H16O8Si/c1-6(2)10(14)18-19(15-7(3)11,16-8(4)12)17-9(5)13/h6H,1-5H3. The summed E-state index contributed by atoms with van der Waals surface area (Å²) in [6.45, 7) is 6.02. The Balaban J connectivity index is 5.32. The lowest BCUT2D eigenvalue weighted by Crippen LogP contribution is -2.54. The number of hydrogen-bond acceptors (Lipinski definition) is 8. The second-order valence-electron chi connectivity index (χ2n) is 3.86. The molecule has 0 aliphatic rings. The van der Waals surface area contributed by atoms with E-state index >= 15 is 0 Å². The third-order valence-electron chi connectivity index (χ3n) is 1.50. The van der Waals surface area contributed by atoms with Crippen molar-refractivity contribution < 1.29 is 36.9 Å². The fourth-order valence-corrected chi connectivity index (χ4v) is 2.68. The molecule has 0 radical (unpaired) electrons. The van der Waals surface area contributed by atoms with Crippen LogP contribution in [0.2, 0.25) is 0 Å². The van der Waals surface area contributed by atoms with E-state index < -0.39 is 38.8 Å². The molecule has 0 bridgehead atoms. The molecule has 0 amide bonds. The number of carbonyl (C=O) groups excluding carboxylic acids is 4. The van der Waals surface area contributed by atoms with Gasteiger partial charge < -0.3 is 17.7 Å². The van der Waals surface area contributed by atoms with Crippen LogP contribution in [-0.2, 0) is 36.9 Å². The van der Waals surface area contributed by atoms with Gasteiger partial charge in [-0.25, -0.2) is 0 Å². The summed E-state index contributed by atoms with van der Waals surface area (Å²) < 4.78 is 18.8. The van der Waals surface area contributed by atoms with Crippen LogP contribution in [0.25, 0.3) is 0 Å². The molecule has 0 saturated carbocycles. The van der Waals surface area contributed by atoms with Crippen LogP contribution in [0.3, 0.4) is 0 Å². The van der Waals surface area contributed by atoms with Crippen LogP contribution < -0.4 is 0 Å². The van der Waals surface area contributed by atoms with Gasteiger partial charge in [-0.3, -0.25) is 19.2 Å². The minimum absolute atomic E-state index is 0.589. The van der Waals surface area contributed by atoms with Crippen LogP contribution in [0.5, 0.6) is 0 Å². The van der Waals surface area contributed by atoms with E-state index in [4.69, 9.17) is 4.43 Å². The first-order chi connectivity index (χ1) is 8.58. The molecule has 8 nitrogen and oxygen atoms in total. The van der Waals surface area contributed by atoms with Crippen LogP contribution >= 0.6 is 0 Å². The molecule has 0 unspecified atom stereocenters. The number of carbonyl (C=O) groups is 4. The summed E-state index contributed by atoms with van der Waals surface area (Å²) in [7, 11) is -4.51. The van der Waals surface area contributed by atoms with Gasteiger partial charge in [0.2, 0.25) is 0 Å². The molecule has 0 aliphatic carbocycles. The van der Waals surface area contributed by atoms with Crippen molar-refractivity contribution in [3.8, 4) is 0 Å². The van der Waals surface area contributed by atoms with E-state index in [-0.39, 0.29) is 0 Å². The van der Waals surface area contributed by atoms with Crippen molar-refractivity contribution in [2.45, 2.75) is 34.6 Å². The molecule has 0 heterocycles. The topological polar surface area (TPSA) is 105 Å². The Morgan fingerprint density at radius 1 is 0.737 bits per heavy atom. The van der Waals surface area contributed by atoms with E-state index in [0.29, 0.717) is 0 Å². The molecule has 9 heteroatoms. The maximum atomic E-state index is 11.5. The summed E-state index contributed by atoms with van der Waals surface area (Å²) in [5, 5.41) is 0. The van der Waals surface area contributed by atoms with Gasteiger partial charge in [0.05, 0.1) is 5.92 Å². The maximum absolute atomic E-state index is 11.5. The zero-order valence-corrected chi connectivity index (χ0v) is 12.3. The Morgan fingerprint density at radius 2 is 1.05 bits per heavy atom. The van der Waals surface area contributed by atoms with Crippen molar-refractivity contribution >= 4 is 32.9 Å². The molecule has 0 aliphatic heterocycles. The molecule has 108 valence electrons. The van der Waals surface area contributed by atoms with Crippen molar-refractivity contribution in [2.75, 3.05) is 0 Å². The lowest BCUT2D eigenvalue weighted by atomic mass is 10.2. The van der Waals surface area contributed by atoms with E-state index in [1.807, 2.05) is 0 Å². The molecule has 0 aromatic heterocycles. The Bertz CT molecular complexity index is 348. The summed E-state index contributed by atoms with van der Waals surface area (Å²) >= 11 is 0. The molecular weight excluding hydrogens is 276 g/mol. The fourth-order valence-electron chi connectivity index (χ4n) is 0.894. The van der Waals surface area contributed by atoms with Crippen LogP contribution in [0.4, 0.5) is 0 Å². The molecule has 0 aromatic rings. The van der Waals surface area contributed by atoms with E-state index in [1.165, 1.54) is 13.8 Å². The highest BCUT2D eigenvalue weighted by atomic mass is 28.4. The SMILES string of the molecule is CC(=O)O[Si](OC(C)=O)(OC(C)=O)OC(=O)C(C)C. The largest absolute Gasteiger partial charge is 0.974 e. The second-order valence-corrected chi connectivity index (χ2v) is 5.67. The summed E-state index contributed by atoms with van der Waals surface area (Å²) in [6, 6.07) is 0. The highest BCUT2D eigenvalue weighted by Crippen LogP contribution is 2.16. The van der Waals surface area contributed by atoms with Gasteiger partial charge >= 0.3 is 15.0 Å². The maximum Gasteiger partial charge on any atom is 0.974 e. The first kappa shape index (κ1) is 17.1. The first-order valence-electron chi connectivity index (χ1n) is 5.39. The van der Waals surface area contributed by atoms with Gasteiger partial charge in [-0.1, -0.05) is 13.8 Å². The van der Waals surface area contributed by atoms with Gasteiger partial charge in [0.1, 0.15) is 0 Å². The summed E-state index contributed by atoms with van der Waals surface area (Å²) in [4.78, 5) is 44.6. The minimum atomic E-state index is -4.51. The van der Waals surface area contributed by atoms with Crippen LogP contribution in [0, 0.1) is 5.92 Å². The Labute approximate surface area is 111 Å². The van der Waals surface area contributed by atoms with E-state index in [1.54, 1.807) is 0 Å². The van der Waals surface area contributed by atoms with Crippen molar-refractivity contribution in [1.82, 2.24) is 0 Å². The van der Waals surface area contributed by atoms with Crippen LogP contribution in [0.15, 0.2) is 0 Å². The monoisotopic (exact) mass is 292 g/mol. The highest BCUT2D eigenvalue weighted by Gasteiger charge is 2.62. The molecular formula is C10H16O8Si. The van der Waals surface area contributed by atoms with Gasteiger partial charge in [-0.05, 0) is 0 Å². The average molecular weight is 292 g/mol. The first-order valence-corrected chi connectivity index (χ1v) is 7.03. The molecule has 0 N–H and O–H groups in total. The van der Waals surface area contributed by atoms with Crippen molar-refractivity contribution in [3.63, 3.8) is 0 Å². The van der Waals surface area contributed by atoms with Gasteiger partial charge in [-0.2, -0.15) is 0 Å². The smallest absolute Gasteiger partial charge is 0.423 e. The molecule has 0 fully saturated rings. The molecule has 0 rings (SSSR count). The van der Waals surface area contributed by atoms with Crippen LogP contribution in [-0.4, -0.2) is 32.9 Å². The molecule has 0 saturated heterocycles. The summed E-state index contributed by atoms with van der Waals surface area (Å²) in [5.41, 5.74) is 0. The molecule has 0 atom stereocenters. The lowest BCUT2D eigenvalue weighted by molar-refractivity contribution is -0.162. The summed E-state index contributed by atoms with van der Waals surface area (Å²) in [5.74, 6) is -4.15. The predicted molar refractivity (Wildman–Crippen MR) is 62.0 cm³/mol. The minimum Gasteiger partial charge on any atom is -0.423 e. The third-order valence-corrected chi connectivity index (χ3v) is 3.57. The van der Waals surface area contributed by atoms with E-state index in [2.05, 4.69) is 13.3 Å². The van der Waals surface area contributed by atoms with Crippen molar-refractivity contribution in [1.29, 1.82) is 0 Å². The molecule has 19 heavy (non-hydrogen) atoms. The Morgan fingerprint density at radius 3 is 1.26 bits per heavy atom. The summed E-state index contributed by atoms with van der Waals surface area (Å²) in [6.07, 6.45) is 0. The van der Waals surface area contributed by atoms with Crippen molar-refractivity contribution in [2.24, 2.45) is 5.92 Å². The third kappa shape index (κ3) is 6.55. The highest BCUT2D eigenvalue weighted by molar-refractivity contribution is 6.60. The average Bonchev–Trinajstić information content (AvgIpc) is 2.12. The van der Waals surface area contributed by atoms with E-state index in [9.17, 15) is 19.2 Å². The Hall–Kier alpha value is -1.90. The van der Waals surface area contributed by atoms with E-state index in [0.717, 1.165) is 20.8 Å². The predicted octanol–water partition coefficient (Wildman–Crippen LogP) is 0.310. The van der Waals surface area contributed by atoms with Gasteiger partial charge in [0.15, 0.2) is 0 Å². The number of rotatable bonds is 5. The quantitative estimate of drug-likeness (QED) is 0.667. The van der Waals surface area contributed by atoms with Crippen molar-refractivity contribution in [3.05, 3.63) is 0 Å². The van der Waals surface area contributed by atoms with Gasteiger partial charge in [-0.15, -0.1) is 0 Å². The molecule has 0 spiro atoms.